The van der Waals surface area contributed by atoms with Gasteiger partial charge in [0.05, 0.1) is 12.1 Å². The van der Waals surface area contributed by atoms with Gasteiger partial charge in [-0.05, 0) is 37.1 Å². The van der Waals surface area contributed by atoms with Crippen molar-refractivity contribution in [3.8, 4) is 5.75 Å². The number of nitrogens with two attached hydrogens (primary N) is 1. The third kappa shape index (κ3) is 2.97. The van der Waals surface area contributed by atoms with Crippen LogP contribution in [0.4, 0.5) is 0 Å². The van der Waals surface area contributed by atoms with Crippen LogP contribution in [0, 0.1) is 6.92 Å². The summed E-state index contributed by atoms with van der Waals surface area (Å²) in [4.78, 5) is 14.9. The summed E-state index contributed by atoms with van der Waals surface area (Å²) in [5.41, 5.74) is 7.17. The fourth-order valence-corrected chi connectivity index (χ4v) is 1.80. The van der Waals surface area contributed by atoms with Gasteiger partial charge in [0.25, 0.3) is 0 Å². The molecule has 1 aromatic carbocycles. The number of hydrogen-bond donors (Lipinski definition) is 1. The number of benzene rings is 1. The van der Waals surface area contributed by atoms with Crippen LogP contribution in [-0.2, 0) is 4.79 Å². The lowest BCUT2D eigenvalue weighted by Gasteiger charge is -2.07. The Hall–Kier alpha value is -2.10. The number of ether oxygens (including phenoxy) is 1. The molecule has 0 spiro atoms. The molecule has 2 rings (SSSR count). The van der Waals surface area contributed by atoms with E-state index < -0.39 is 0 Å². The molecule has 0 bridgehead atoms. The molecule has 4 nitrogen and oxygen atoms in total. The minimum atomic E-state index is -0.297. The first-order valence-corrected chi connectivity index (χ1v) is 5.93. The molecule has 1 amide bonds. The van der Waals surface area contributed by atoms with Gasteiger partial charge in [-0.3, -0.25) is 9.78 Å². The van der Waals surface area contributed by atoms with Crippen LogP contribution in [-0.4, -0.2) is 17.5 Å². The van der Waals surface area contributed by atoms with Crippen LogP contribution in [0.15, 0.2) is 30.5 Å². The Balaban J connectivity index is 2.04. The minimum Gasteiger partial charge on any atom is -0.494 e. The fourth-order valence-electron chi connectivity index (χ4n) is 1.80. The van der Waals surface area contributed by atoms with E-state index in [2.05, 4.69) is 11.9 Å². The monoisotopic (exact) mass is 244 g/mol. The molecule has 0 atom stereocenters. The van der Waals surface area contributed by atoms with Crippen LogP contribution in [0.5, 0.6) is 5.75 Å². The summed E-state index contributed by atoms with van der Waals surface area (Å²) in [5.74, 6) is 0.472. The summed E-state index contributed by atoms with van der Waals surface area (Å²) in [6.45, 7) is 2.54. The van der Waals surface area contributed by atoms with Gasteiger partial charge >= 0.3 is 0 Å². The molecule has 4 heteroatoms. The summed E-state index contributed by atoms with van der Waals surface area (Å²) in [7, 11) is 0. The van der Waals surface area contributed by atoms with Gasteiger partial charge in [-0.1, -0.05) is 0 Å². The number of aromatic nitrogens is 1. The van der Waals surface area contributed by atoms with Crippen LogP contribution in [0.25, 0.3) is 10.9 Å². The maximum Gasteiger partial charge on any atom is 0.217 e. The van der Waals surface area contributed by atoms with E-state index in [1.165, 1.54) is 5.56 Å². The number of primary amides is 1. The van der Waals surface area contributed by atoms with E-state index in [-0.39, 0.29) is 5.91 Å². The van der Waals surface area contributed by atoms with Crippen molar-refractivity contribution in [1.29, 1.82) is 0 Å². The number of carbonyl (C=O) groups excluding carboxylic acids is 1. The standard InChI is InChI=1S/C14H16N2O2/c1-10-6-7-16-13-9-11(4-5-12(10)13)18-8-2-3-14(15)17/h4-7,9H,2-3,8H2,1H3,(H2,15,17). The second-order valence-electron chi connectivity index (χ2n) is 4.23. The molecule has 0 fully saturated rings. The van der Waals surface area contributed by atoms with Gasteiger partial charge in [-0.2, -0.15) is 0 Å². The molecule has 0 saturated heterocycles. The molecule has 0 aliphatic rings. The Morgan fingerprint density at radius 2 is 2.22 bits per heavy atom. The SMILES string of the molecule is Cc1ccnc2cc(OCCCC(N)=O)ccc12. The quantitative estimate of drug-likeness (QED) is 0.820. The minimum absolute atomic E-state index is 0.297. The van der Waals surface area contributed by atoms with Crippen LogP contribution in [0.1, 0.15) is 18.4 Å². The van der Waals surface area contributed by atoms with Gasteiger partial charge < -0.3 is 10.5 Å². The number of amides is 1. The highest BCUT2D eigenvalue weighted by Crippen LogP contribution is 2.21. The molecule has 0 aliphatic carbocycles. The number of nitrogens with zero attached hydrogens (tertiary/aromatic N) is 1. The molecule has 2 N–H and O–H groups in total. The highest BCUT2D eigenvalue weighted by Gasteiger charge is 2.01. The van der Waals surface area contributed by atoms with Gasteiger partial charge in [-0.25, -0.2) is 0 Å². The average Bonchev–Trinajstić information content (AvgIpc) is 2.35. The zero-order valence-corrected chi connectivity index (χ0v) is 10.3. The van der Waals surface area contributed by atoms with E-state index in [0.29, 0.717) is 19.4 Å². The zero-order chi connectivity index (χ0) is 13.0. The first kappa shape index (κ1) is 12.4. The highest BCUT2D eigenvalue weighted by atomic mass is 16.5. The number of fused-ring (bicyclic) bond motifs is 1. The second kappa shape index (κ2) is 5.49. The van der Waals surface area contributed by atoms with Crippen molar-refractivity contribution in [3.05, 3.63) is 36.0 Å². The molecule has 0 aliphatic heterocycles. The van der Waals surface area contributed by atoms with E-state index >= 15 is 0 Å². The summed E-state index contributed by atoms with van der Waals surface area (Å²) in [6, 6.07) is 7.81. The normalized spacial score (nSPS) is 10.5. The van der Waals surface area contributed by atoms with E-state index in [1.54, 1.807) is 6.20 Å². The van der Waals surface area contributed by atoms with Gasteiger partial charge in [0.1, 0.15) is 5.75 Å². The highest BCUT2D eigenvalue weighted by molar-refractivity contribution is 5.83. The maximum absolute atomic E-state index is 10.6. The number of rotatable bonds is 5. The summed E-state index contributed by atoms with van der Waals surface area (Å²) in [6.07, 6.45) is 2.77. The summed E-state index contributed by atoms with van der Waals surface area (Å²) >= 11 is 0. The van der Waals surface area contributed by atoms with Crippen LogP contribution < -0.4 is 10.5 Å². The molecule has 18 heavy (non-hydrogen) atoms. The molecule has 0 radical (unpaired) electrons. The maximum atomic E-state index is 10.6. The number of hydrogen-bond acceptors (Lipinski definition) is 3. The van der Waals surface area contributed by atoms with Gasteiger partial charge in [0.15, 0.2) is 0 Å². The van der Waals surface area contributed by atoms with Crippen LogP contribution in [0.3, 0.4) is 0 Å². The van der Waals surface area contributed by atoms with Crippen molar-refractivity contribution in [3.63, 3.8) is 0 Å². The largest absolute Gasteiger partial charge is 0.494 e. The number of carbonyl (C=O) groups is 1. The third-order valence-electron chi connectivity index (χ3n) is 2.77. The van der Waals surface area contributed by atoms with E-state index in [1.807, 2.05) is 24.3 Å². The molecule has 0 unspecified atom stereocenters. The molecular weight excluding hydrogens is 228 g/mol. The van der Waals surface area contributed by atoms with Crippen molar-refractivity contribution in [2.75, 3.05) is 6.61 Å². The van der Waals surface area contributed by atoms with Crippen LogP contribution >= 0.6 is 0 Å². The molecular formula is C14H16N2O2. The molecule has 0 saturated carbocycles. The third-order valence-corrected chi connectivity index (χ3v) is 2.77. The molecule has 1 heterocycles. The molecule has 1 aromatic heterocycles. The van der Waals surface area contributed by atoms with Crippen molar-refractivity contribution in [2.24, 2.45) is 5.73 Å². The number of aryl methyl sites for hydroxylation is 1. The second-order valence-corrected chi connectivity index (χ2v) is 4.23. The predicted molar refractivity (Wildman–Crippen MR) is 70.4 cm³/mol. The van der Waals surface area contributed by atoms with Gasteiger partial charge in [0.2, 0.25) is 5.91 Å². The van der Waals surface area contributed by atoms with Crippen molar-refractivity contribution < 1.29 is 9.53 Å². The predicted octanol–water partition coefficient (Wildman–Crippen LogP) is 2.19. The van der Waals surface area contributed by atoms with E-state index in [9.17, 15) is 4.79 Å². The lowest BCUT2D eigenvalue weighted by Crippen LogP contribution is -2.11. The summed E-state index contributed by atoms with van der Waals surface area (Å²) in [5, 5.41) is 1.13. The average molecular weight is 244 g/mol. The fraction of sp³-hybridized carbons (Fsp3) is 0.286. The Morgan fingerprint density at radius 1 is 1.39 bits per heavy atom. The van der Waals surface area contributed by atoms with Crippen molar-refractivity contribution in [1.82, 2.24) is 4.98 Å². The Kier molecular flexibility index (Phi) is 3.77. The first-order valence-electron chi connectivity index (χ1n) is 5.93. The van der Waals surface area contributed by atoms with Crippen molar-refractivity contribution in [2.45, 2.75) is 19.8 Å². The summed E-state index contributed by atoms with van der Waals surface area (Å²) < 4.78 is 5.56. The van der Waals surface area contributed by atoms with Gasteiger partial charge in [0, 0.05) is 24.1 Å². The van der Waals surface area contributed by atoms with Crippen molar-refractivity contribution >= 4 is 16.8 Å². The smallest absolute Gasteiger partial charge is 0.217 e. The molecule has 94 valence electrons. The van der Waals surface area contributed by atoms with E-state index in [4.69, 9.17) is 10.5 Å². The van der Waals surface area contributed by atoms with Crippen LogP contribution in [0.2, 0.25) is 0 Å². The molecule has 2 aromatic rings. The van der Waals surface area contributed by atoms with Gasteiger partial charge in [-0.15, -0.1) is 0 Å². The zero-order valence-electron chi connectivity index (χ0n) is 10.3. The lowest BCUT2D eigenvalue weighted by molar-refractivity contribution is -0.118. The lowest BCUT2D eigenvalue weighted by atomic mass is 10.1. The Bertz CT molecular complexity index is 567. The Morgan fingerprint density at radius 3 is 3.00 bits per heavy atom. The topological polar surface area (TPSA) is 65.2 Å². The first-order chi connectivity index (χ1) is 8.66. The number of pyridine rings is 1. The Labute approximate surface area is 106 Å². The van der Waals surface area contributed by atoms with E-state index in [0.717, 1.165) is 16.7 Å².